The maximum Gasteiger partial charge on any atom is 0.315 e. The van der Waals surface area contributed by atoms with Crippen LogP contribution in [0.2, 0.25) is 0 Å². The molecule has 1 aromatic heterocycles. The molecule has 3 N–H and O–H groups in total. The van der Waals surface area contributed by atoms with E-state index in [0.717, 1.165) is 31.4 Å². The lowest BCUT2D eigenvalue weighted by molar-refractivity contribution is 0.0860. The van der Waals surface area contributed by atoms with Gasteiger partial charge in [0.15, 0.2) is 0 Å². The molecule has 2 unspecified atom stereocenters. The first kappa shape index (κ1) is 14.9. The molecule has 0 saturated carbocycles. The third-order valence-electron chi connectivity index (χ3n) is 4.24. The van der Waals surface area contributed by atoms with Gasteiger partial charge >= 0.3 is 6.03 Å². The van der Waals surface area contributed by atoms with Gasteiger partial charge in [-0.1, -0.05) is 18.2 Å². The van der Waals surface area contributed by atoms with E-state index in [2.05, 4.69) is 27.8 Å². The molecule has 0 aliphatic carbocycles. The summed E-state index contributed by atoms with van der Waals surface area (Å²) in [4.78, 5) is 15.2. The van der Waals surface area contributed by atoms with E-state index in [1.54, 1.807) is 0 Å². The molecular weight excluding hydrogens is 278 g/mol. The van der Waals surface area contributed by atoms with Crippen molar-refractivity contribution in [3.8, 4) is 0 Å². The number of carbonyl (C=O) groups is 1. The fourth-order valence-electron chi connectivity index (χ4n) is 3.00. The Hall–Kier alpha value is -2.01. The summed E-state index contributed by atoms with van der Waals surface area (Å²) in [5, 5.41) is 7.10. The Morgan fingerprint density at radius 3 is 3.14 bits per heavy atom. The number of H-pyrrole nitrogens is 1. The molecule has 0 bridgehead atoms. The van der Waals surface area contributed by atoms with Crippen molar-refractivity contribution in [2.45, 2.75) is 38.3 Å². The highest BCUT2D eigenvalue weighted by Gasteiger charge is 2.23. The van der Waals surface area contributed by atoms with Crippen molar-refractivity contribution in [1.82, 2.24) is 15.6 Å². The van der Waals surface area contributed by atoms with Crippen LogP contribution in [-0.4, -0.2) is 36.3 Å². The van der Waals surface area contributed by atoms with Crippen molar-refractivity contribution < 1.29 is 9.53 Å². The Morgan fingerprint density at radius 2 is 2.32 bits per heavy atom. The number of benzene rings is 1. The average molecular weight is 301 g/mol. The molecule has 1 aliphatic heterocycles. The molecule has 1 saturated heterocycles. The zero-order valence-electron chi connectivity index (χ0n) is 12.9. The molecule has 3 rings (SSSR count). The normalized spacial score (nSPS) is 19.2. The quantitative estimate of drug-likeness (QED) is 0.794. The fraction of sp³-hybridized carbons (Fsp3) is 0.471. The second kappa shape index (κ2) is 6.83. The number of rotatable bonds is 5. The lowest BCUT2D eigenvalue weighted by Crippen LogP contribution is -2.46. The Kier molecular flexibility index (Phi) is 4.63. The van der Waals surface area contributed by atoms with Crippen LogP contribution in [0.3, 0.4) is 0 Å². The Balaban J connectivity index is 1.45. The van der Waals surface area contributed by atoms with E-state index in [1.807, 2.05) is 25.3 Å². The van der Waals surface area contributed by atoms with Gasteiger partial charge in [0.2, 0.25) is 0 Å². The highest BCUT2D eigenvalue weighted by atomic mass is 16.5. The van der Waals surface area contributed by atoms with Gasteiger partial charge in [0, 0.05) is 30.3 Å². The largest absolute Gasteiger partial charge is 0.376 e. The van der Waals surface area contributed by atoms with Gasteiger partial charge in [-0.15, -0.1) is 0 Å². The van der Waals surface area contributed by atoms with Gasteiger partial charge in [-0.2, -0.15) is 0 Å². The number of fused-ring (bicyclic) bond motifs is 1. The molecule has 22 heavy (non-hydrogen) atoms. The summed E-state index contributed by atoms with van der Waals surface area (Å²) in [5.74, 6) is 0. The van der Waals surface area contributed by atoms with Crippen LogP contribution in [0, 0.1) is 0 Å². The van der Waals surface area contributed by atoms with Crippen LogP contribution < -0.4 is 10.6 Å². The summed E-state index contributed by atoms with van der Waals surface area (Å²) < 4.78 is 5.58. The van der Waals surface area contributed by atoms with E-state index in [9.17, 15) is 4.79 Å². The topological polar surface area (TPSA) is 66.2 Å². The fourth-order valence-corrected chi connectivity index (χ4v) is 3.00. The van der Waals surface area contributed by atoms with Crippen LogP contribution in [-0.2, 0) is 11.2 Å². The molecule has 0 radical (unpaired) electrons. The smallest absolute Gasteiger partial charge is 0.315 e. The molecule has 1 aliphatic rings. The highest BCUT2D eigenvalue weighted by molar-refractivity contribution is 5.83. The lowest BCUT2D eigenvalue weighted by Gasteiger charge is -2.20. The summed E-state index contributed by atoms with van der Waals surface area (Å²) in [5.41, 5.74) is 2.36. The molecule has 2 aromatic rings. The van der Waals surface area contributed by atoms with Crippen molar-refractivity contribution in [2.75, 3.05) is 13.2 Å². The maximum atomic E-state index is 11.9. The molecule has 5 nitrogen and oxygen atoms in total. The number of aromatic amines is 1. The molecule has 2 amide bonds. The van der Waals surface area contributed by atoms with Crippen molar-refractivity contribution in [2.24, 2.45) is 0 Å². The monoisotopic (exact) mass is 301 g/mol. The second-order valence-corrected chi connectivity index (χ2v) is 5.85. The standard InChI is InChI=1S/C17H23N3O2/c1-12(16-7-4-10-22-16)20-17(21)18-9-8-13-11-19-15-6-3-2-5-14(13)15/h2-3,5-6,11-12,16,19H,4,7-10H2,1H3,(H2,18,20,21). The molecular formula is C17H23N3O2. The second-order valence-electron chi connectivity index (χ2n) is 5.85. The Labute approximate surface area is 130 Å². The van der Waals surface area contributed by atoms with E-state index in [4.69, 9.17) is 4.74 Å². The lowest BCUT2D eigenvalue weighted by atomic mass is 10.1. The third-order valence-corrected chi connectivity index (χ3v) is 4.24. The van der Waals surface area contributed by atoms with E-state index < -0.39 is 0 Å². The summed E-state index contributed by atoms with van der Waals surface area (Å²) in [6, 6.07) is 8.13. The van der Waals surface area contributed by atoms with Crippen LogP contribution in [0.5, 0.6) is 0 Å². The van der Waals surface area contributed by atoms with Crippen LogP contribution >= 0.6 is 0 Å². The van der Waals surface area contributed by atoms with Crippen molar-refractivity contribution in [1.29, 1.82) is 0 Å². The molecule has 118 valence electrons. The molecule has 2 heterocycles. The predicted octanol–water partition coefficient (Wildman–Crippen LogP) is 2.58. The van der Waals surface area contributed by atoms with Crippen molar-refractivity contribution in [3.05, 3.63) is 36.0 Å². The van der Waals surface area contributed by atoms with Gasteiger partial charge in [-0.3, -0.25) is 0 Å². The first-order valence-electron chi connectivity index (χ1n) is 7.95. The van der Waals surface area contributed by atoms with E-state index in [0.29, 0.717) is 6.54 Å². The number of hydrogen-bond donors (Lipinski definition) is 3. The number of urea groups is 1. The number of ether oxygens (including phenoxy) is 1. The molecule has 5 heteroatoms. The van der Waals surface area contributed by atoms with E-state index in [1.165, 1.54) is 10.9 Å². The van der Waals surface area contributed by atoms with Gasteiger partial charge in [0.1, 0.15) is 0 Å². The average Bonchev–Trinajstić information content (AvgIpc) is 3.17. The first-order chi connectivity index (χ1) is 10.7. The zero-order valence-corrected chi connectivity index (χ0v) is 12.9. The molecule has 1 aromatic carbocycles. The number of para-hydroxylation sites is 1. The van der Waals surface area contributed by atoms with Crippen molar-refractivity contribution >= 4 is 16.9 Å². The number of aromatic nitrogens is 1. The van der Waals surface area contributed by atoms with Gasteiger partial charge < -0.3 is 20.4 Å². The summed E-state index contributed by atoms with van der Waals surface area (Å²) in [6.45, 7) is 3.42. The van der Waals surface area contributed by atoms with Crippen LogP contribution in [0.15, 0.2) is 30.5 Å². The molecule has 1 fully saturated rings. The minimum absolute atomic E-state index is 0.0515. The Bertz CT molecular complexity index is 632. The van der Waals surface area contributed by atoms with Crippen LogP contribution in [0.4, 0.5) is 4.79 Å². The van der Waals surface area contributed by atoms with Gasteiger partial charge in [-0.05, 0) is 37.8 Å². The van der Waals surface area contributed by atoms with Gasteiger partial charge in [-0.25, -0.2) is 4.79 Å². The highest BCUT2D eigenvalue weighted by Crippen LogP contribution is 2.18. The number of nitrogens with one attached hydrogen (secondary N) is 3. The van der Waals surface area contributed by atoms with Crippen LogP contribution in [0.25, 0.3) is 10.9 Å². The molecule has 2 atom stereocenters. The van der Waals surface area contributed by atoms with E-state index >= 15 is 0 Å². The summed E-state index contributed by atoms with van der Waals surface area (Å²) in [7, 11) is 0. The first-order valence-corrected chi connectivity index (χ1v) is 7.95. The summed E-state index contributed by atoms with van der Waals surface area (Å²) >= 11 is 0. The van der Waals surface area contributed by atoms with Crippen molar-refractivity contribution in [3.63, 3.8) is 0 Å². The summed E-state index contributed by atoms with van der Waals surface area (Å²) in [6.07, 6.45) is 5.08. The number of carbonyl (C=O) groups excluding carboxylic acids is 1. The number of amides is 2. The SMILES string of the molecule is CC(NC(=O)NCCc1c[nH]c2ccccc12)C1CCCO1. The van der Waals surface area contributed by atoms with Gasteiger partial charge in [0.25, 0.3) is 0 Å². The number of hydrogen-bond acceptors (Lipinski definition) is 2. The van der Waals surface area contributed by atoms with E-state index in [-0.39, 0.29) is 18.2 Å². The predicted molar refractivity (Wildman–Crippen MR) is 87.0 cm³/mol. The minimum Gasteiger partial charge on any atom is -0.376 e. The third kappa shape index (κ3) is 3.42. The zero-order chi connectivity index (χ0) is 15.4. The van der Waals surface area contributed by atoms with Gasteiger partial charge in [0.05, 0.1) is 12.1 Å². The van der Waals surface area contributed by atoms with Crippen LogP contribution in [0.1, 0.15) is 25.3 Å². The maximum absolute atomic E-state index is 11.9. The Morgan fingerprint density at radius 1 is 1.45 bits per heavy atom. The minimum atomic E-state index is -0.122. The molecule has 0 spiro atoms.